The molecule has 3 heterocycles. The van der Waals surface area contributed by atoms with E-state index in [1.54, 1.807) is 29.8 Å². The van der Waals surface area contributed by atoms with Crippen LogP contribution < -0.4 is 9.64 Å². The predicted molar refractivity (Wildman–Crippen MR) is 116 cm³/mol. The highest BCUT2D eigenvalue weighted by molar-refractivity contribution is 7.10. The number of carbonyl (C=O) groups is 1. The largest absolute Gasteiger partial charge is 0.497 e. The zero-order chi connectivity index (χ0) is 19.3. The van der Waals surface area contributed by atoms with Crippen LogP contribution in [-0.4, -0.2) is 31.0 Å². The summed E-state index contributed by atoms with van der Waals surface area (Å²) in [6, 6.07) is 16.5. The standard InChI is InChI=1S/C22H24N2O2S2/c1-26-18-10-8-17(9-11-18)24(15-19-5-3-13-27-19)22(25)16-23-12-2-6-20(23)21-7-4-14-28-21/h3-5,7-11,13-14,20H,2,6,12,15-16H2,1H3/t20-/m0/s1. The highest BCUT2D eigenvalue weighted by atomic mass is 32.1. The van der Waals surface area contributed by atoms with Crippen LogP contribution in [-0.2, 0) is 11.3 Å². The Morgan fingerprint density at radius 2 is 1.93 bits per heavy atom. The third-order valence-electron chi connectivity index (χ3n) is 5.15. The number of hydrogen-bond acceptors (Lipinski definition) is 5. The smallest absolute Gasteiger partial charge is 0.241 e. The van der Waals surface area contributed by atoms with Crippen molar-refractivity contribution in [2.75, 3.05) is 25.1 Å². The van der Waals surface area contributed by atoms with Gasteiger partial charge in [-0.15, -0.1) is 22.7 Å². The molecule has 0 radical (unpaired) electrons. The van der Waals surface area contributed by atoms with Crippen LogP contribution in [0, 0.1) is 0 Å². The summed E-state index contributed by atoms with van der Waals surface area (Å²) < 4.78 is 5.27. The van der Waals surface area contributed by atoms with E-state index >= 15 is 0 Å². The molecule has 0 aliphatic carbocycles. The molecule has 0 N–H and O–H groups in total. The second-order valence-electron chi connectivity index (χ2n) is 6.90. The van der Waals surface area contributed by atoms with Gasteiger partial charge in [-0.05, 0) is 66.5 Å². The molecule has 0 saturated carbocycles. The Balaban J connectivity index is 1.53. The molecule has 4 nitrogen and oxygen atoms in total. The van der Waals surface area contributed by atoms with Gasteiger partial charge in [0.1, 0.15) is 5.75 Å². The first kappa shape index (κ1) is 19.2. The fourth-order valence-corrected chi connectivity index (χ4v) is 5.31. The van der Waals surface area contributed by atoms with Gasteiger partial charge in [0.05, 0.1) is 20.2 Å². The third kappa shape index (κ3) is 4.29. The Hall–Kier alpha value is -2.15. The highest BCUT2D eigenvalue weighted by Crippen LogP contribution is 2.34. The number of nitrogens with zero attached hydrogens (tertiary/aromatic N) is 2. The van der Waals surface area contributed by atoms with E-state index in [2.05, 4.69) is 33.9 Å². The first-order valence-corrected chi connectivity index (χ1v) is 11.2. The van der Waals surface area contributed by atoms with Crippen molar-refractivity contribution in [1.29, 1.82) is 0 Å². The first-order valence-electron chi connectivity index (χ1n) is 9.49. The molecule has 1 saturated heterocycles. The van der Waals surface area contributed by atoms with Crippen molar-refractivity contribution in [2.24, 2.45) is 0 Å². The van der Waals surface area contributed by atoms with Crippen molar-refractivity contribution < 1.29 is 9.53 Å². The lowest BCUT2D eigenvalue weighted by atomic mass is 10.2. The first-order chi connectivity index (χ1) is 13.7. The maximum absolute atomic E-state index is 13.4. The second kappa shape index (κ2) is 8.90. The van der Waals surface area contributed by atoms with Crippen molar-refractivity contribution in [3.8, 4) is 5.75 Å². The molecular formula is C22H24N2O2S2. The monoisotopic (exact) mass is 412 g/mol. The van der Waals surface area contributed by atoms with Gasteiger partial charge in [-0.3, -0.25) is 9.69 Å². The average molecular weight is 413 g/mol. The Labute approximate surface area is 174 Å². The summed E-state index contributed by atoms with van der Waals surface area (Å²) in [5.41, 5.74) is 0.908. The van der Waals surface area contributed by atoms with Crippen LogP contribution in [0.25, 0.3) is 0 Å². The fourth-order valence-electron chi connectivity index (χ4n) is 3.72. The van der Waals surface area contributed by atoms with E-state index in [0.717, 1.165) is 30.8 Å². The van der Waals surface area contributed by atoms with Crippen LogP contribution in [0.2, 0.25) is 0 Å². The van der Waals surface area contributed by atoms with Crippen LogP contribution in [0.15, 0.2) is 59.3 Å². The molecule has 2 aromatic heterocycles. The normalized spacial score (nSPS) is 17.0. The molecule has 1 atom stereocenters. The number of rotatable bonds is 7. The summed E-state index contributed by atoms with van der Waals surface area (Å²) in [6.45, 7) is 2.02. The number of methoxy groups -OCH3 is 1. The Morgan fingerprint density at radius 3 is 2.61 bits per heavy atom. The van der Waals surface area contributed by atoms with Crippen LogP contribution in [0.3, 0.4) is 0 Å². The molecule has 0 spiro atoms. The number of ether oxygens (including phenoxy) is 1. The minimum atomic E-state index is 0.141. The minimum absolute atomic E-state index is 0.141. The van der Waals surface area contributed by atoms with Crippen LogP contribution in [0.5, 0.6) is 5.75 Å². The van der Waals surface area contributed by atoms with Crippen molar-refractivity contribution in [1.82, 2.24) is 4.90 Å². The van der Waals surface area contributed by atoms with Gasteiger partial charge in [-0.25, -0.2) is 0 Å². The van der Waals surface area contributed by atoms with E-state index in [0.29, 0.717) is 19.1 Å². The van der Waals surface area contributed by atoms with Crippen molar-refractivity contribution in [2.45, 2.75) is 25.4 Å². The fraction of sp³-hybridized carbons (Fsp3) is 0.318. The highest BCUT2D eigenvalue weighted by Gasteiger charge is 2.30. The molecule has 3 aromatic rings. The molecule has 6 heteroatoms. The number of carbonyl (C=O) groups excluding carboxylic acids is 1. The maximum atomic E-state index is 13.4. The molecule has 1 amide bonds. The summed E-state index contributed by atoms with van der Waals surface area (Å²) in [6.07, 6.45) is 2.27. The van der Waals surface area contributed by atoms with Crippen LogP contribution >= 0.6 is 22.7 Å². The van der Waals surface area contributed by atoms with Crippen LogP contribution in [0.4, 0.5) is 5.69 Å². The number of thiophene rings is 2. The average Bonchev–Trinajstić information content (AvgIpc) is 3.48. The number of hydrogen-bond donors (Lipinski definition) is 0. The lowest BCUT2D eigenvalue weighted by Crippen LogP contribution is -2.39. The zero-order valence-electron chi connectivity index (χ0n) is 15.9. The minimum Gasteiger partial charge on any atom is -0.497 e. The van der Waals surface area contributed by atoms with Crippen molar-refractivity contribution in [3.05, 3.63) is 69.0 Å². The lowest BCUT2D eigenvalue weighted by molar-refractivity contribution is -0.120. The SMILES string of the molecule is COc1ccc(N(Cc2cccs2)C(=O)CN2CCC[C@H]2c2cccs2)cc1. The van der Waals surface area contributed by atoms with Crippen molar-refractivity contribution in [3.63, 3.8) is 0 Å². The van der Waals surface area contributed by atoms with Gasteiger partial charge in [0.2, 0.25) is 5.91 Å². The topological polar surface area (TPSA) is 32.8 Å². The zero-order valence-corrected chi connectivity index (χ0v) is 17.5. The van der Waals surface area contributed by atoms with Gasteiger partial charge < -0.3 is 9.64 Å². The molecule has 1 aliphatic heterocycles. The summed E-state index contributed by atoms with van der Waals surface area (Å²) in [4.78, 5) is 20.1. The summed E-state index contributed by atoms with van der Waals surface area (Å²) in [5.74, 6) is 0.937. The van der Waals surface area contributed by atoms with E-state index in [4.69, 9.17) is 4.74 Å². The Kier molecular flexibility index (Phi) is 6.10. The number of amides is 1. The van der Waals surface area contributed by atoms with E-state index in [9.17, 15) is 4.79 Å². The van der Waals surface area contributed by atoms with E-state index in [1.165, 1.54) is 9.75 Å². The van der Waals surface area contributed by atoms with Crippen LogP contribution in [0.1, 0.15) is 28.6 Å². The molecule has 1 fully saturated rings. The number of likely N-dealkylation sites (tertiary alicyclic amines) is 1. The quantitative estimate of drug-likeness (QED) is 0.535. The maximum Gasteiger partial charge on any atom is 0.241 e. The lowest BCUT2D eigenvalue weighted by Gasteiger charge is -2.28. The van der Waals surface area contributed by atoms with Gasteiger partial charge in [-0.2, -0.15) is 0 Å². The van der Waals surface area contributed by atoms with E-state index in [1.807, 2.05) is 35.2 Å². The van der Waals surface area contributed by atoms with Gasteiger partial charge >= 0.3 is 0 Å². The molecular weight excluding hydrogens is 388 g/mol. The van der Waals surface area contributed by atoms with Crippen molar-refractivity contribution >= 4 is 34.3 Å². The van der Waals surface area contributed by atoms with Gasteiger partial charge in [0.15, 0.2) is 0 Å². The number of anilines is 1. The molecule has 146 valence electrons. The van der Waals surface area contributed by atoms with Gasteiger partial charge in [-0.1, -0.05) is 12.1 Å². The summed E-state index contributed by atoms with van der Waals surface area (Å²) in [7, 11) is 1.65. The van der Waals surface area contributed by atoms with E-state index < -0.39 is 0 Å². The molecule has 0 bridgehead atoms. The predicted octanol–water partition coefficient (Wildman–Crippen LogP) is 5.19. The second-order valence-corrected chi connectivity index (χ2v) is 8.91. The van der Waals surface area contributed by atoms with E-state index in [-0.39, 0.29) is 5.91 Å². The number of benzene rings is 1. The molecule has 4 rings (SSSR count). The molecule has 0 unspecified atom stereocenters. The Bertz CT molecular complexity index is 876. The Morgan fingerprint density at radius 1 is 1.14 bits per heavy atom. The molecule has 28 heavy (non-hydrogen) atoms. The summed E-state index contributed by atoms with van der Waals surface area (Å²) >= 11 is 3.47. The summed E-state index contributed by atoms with van der Waals surface area (Å²) in [5, 5.41) is 4.17. The molecule has 1 aliphatic rings. The van der Waals surface area contributed by atoms with Gasteiger partial charge in [0, 0.05) is 21.5 Å². The third-order valence-corrected chi connectivity index (χ3v) is 6.99. The molecule has 1 aromatic carbocycles. The van der Waals surface area contributed by atoms with Gasteiger partial charge in [0.25, 0.3) is 0 Å².